The molecule has 0 atom stereocenters. The van der Waals surface area contributed by atoms with Crippen molar-refractivity contribution in [3.8, 4) is 0 Å². The first-order valence-electron chi connectivity index (χ1n) is 7.94. The van der Waals surface area contributed by atoms with E-state index in [0.29, 0.717) is 12.5 Å². The molecule has 0 aliphatic heterocycles. The van der Waals surface area contributed by atoms with E-state index >= 15 is 0 Å². The molecule has 130 valence electrons. The Labute approximate surface area is 154 Å². The maximum absolute atomic E-state index is 12.5. The van der Waals surface area contributed by atoms with Crippen molar-refractivity contribution in [2.24, 2.45) is 0 Å². The number of carbonyl (C=O) groups excluding carboxylic acids is 1. The molecule has 0 saturated heterocycles. The lowest BCUT2D eigenvalue weighted by Crippen LogP contribution is -2.21. The fourth-order valence-corrected chi connectivity index (χ4v) is 3.11. The Morgan fingerprint density at radius 3 is 2.84 bits per heavy atom. The van der Waals surface area contributed by atoms with E-state index in [4.69, 9.17) is 5.11 Å². The van der Waals surface area contributed by atoms with Crippen LogP contribution in [0.15, 0.2) is 46.9 Å². The van der Waals surface area contributed by atoms with Crippen LogP contribution in [-0.2, 0) is 11.3 Å². The number of amides is 1. The summed E-state index contributed by atoms with van der Waals surface area (Å²) >= 11 is 3.42. The molecule has 0 fully saturated rings. The summed E-state index contributed by atoms with van der Waals surface area (Å²) in [7, 11) is 0. The van der Waals surface area contributed by atoms with Crippen LogP contribution in [0.5, 0.6) is 0 Å². The minimum Gasteiger partial charge on any atom is -0.395 e. The molecule has 0 bridgehead atoms. The van der Waals surface area contributed by atoms with Crippen LogP contribution >= 0.6 is 15.9 Å². The van der Waals surface area contributed by atoms with Crippen LogP contribution < -0.4 is 10.6 Å². The van der Waals surface area contributed by atoms with E-state index in [0.717, 1.165) is 26.8 Å². The van der Waals surface area contributed by atoms with E-state index in [1.165, 1.54) is 0 Å². The average molecular weight is 403 g/mol. The maximum Gasteiger partial charge on any atom is 0.244 e. The Balaban J connectivity index is 1.84. The van der Waals surface area contributed by atoms with Gasteiger partial charge in [-0.25, -0.2) is 4.98 Å². The van der Waals surface area contributed by atoms with Gasteiger partial charge < -0.3 is 20.3 Å². The molecule has 0 aliphatic carbocycles. The lowest BCUT2D eigenvalue weighted by molar-refractivity contribution is -0.116. The van der Waals surface area contributed by atoms with E-state index < -0.39 is 0 Å². The zero-order valence-corrected chi connectivity index (χ0v) is 15.4. The number of aryl methyl sites for hydroxylation is 1. The highest BCUT2D eigenvalue weighted by atomic mass is 79.9. The van der Waals surface area contributed by atoms with E-state index in [2.05, 4.69) is 31.5 Å². The Morgan fingerprint density at radius 1 is 1.28 bits per heavy atom. The summed E-state index contributed by atoms with van der Waals surface area (Å²) in [5.41, 5.74) is 3.43. The molecular formula is C18H19BrN4O2. The van der Waals surface area contributed by atoms with Crippen molar-refractivity contribution in [1.82, 2.24) is 9.55 Å². The number of halogens is 1. The number of aromatic nitrogens is 2. The topological polar surface area (TPSA) is 79.2 Å². The highest BCUT2D eigenvalue weighted by Gasteiger charge is 2.14. The number of nitrogens with zero attached hydrogens (tertiary/aromatic N) is 2. The van der Waals surface area contributed by atoms with E-state index in [-0.39, 0.29) is 19.1 Å². The van der Waals surface area contributed by atoms with Gasteiger partial charge in [0.05, 0.1) is 17.6 Å². The molecule has 0 radical (unpaired) electrons. The van der Waals surface area contributed by atoms with Gasteiger partial charge in [-0.3, -0.25) is 4.79 Å². The number of aliphatic hydroxyl groups is 1. The number of aliphatic hydroxyl groups excluding tert-OH is 1. The SMILES string of the molecule is Cc1cc(Br)ccc1NC(=O)Cn1c(NCCO)nc2ccccc21. The number of para-hydroxylation sites is 2. The lowest BCUT2D eigenvalue weighted by atomic mass is 10.2. The zero-order chi connectivity index (χ0) is 17.8. The first kappa shape index (κ1) is 17.4. The second-order valence-corrected chi connectivity index (χ2v) is 6.58. The molecular weight excluding hydrogens is 384 g/mol. The third kappa shape index (κ3) is 4.00. The van der Waals surface area contributed by atoms with Gasteiger partial charge >= 0.3 is 0 Å². The smallest absolute Gasteiger partial charge is 0.244 e. The summed E-state index contributed by atoms with van der Waals surface area (Å²) in [6.45, 7) is 2.44. The van der Waals surface area contributed by atoms with E-state index in [1.54, 1.807) is 0 Å². The standard InChI is InChI=1S/C18H19BrN4O2/c1-12-10-13(19)6-7-14(12)21-17(25)11-23-16-5-3-2-4-15(16)22-18(23)20-8-9-24/h2-7,10,24H,8-9,11H2,1H3,(H,20,22)(H,21,25). The monoisotopic (exact) mass is 402 g/mol. The highest BCUT2D eigenvalue weighted by Crippen LogP contribution is 2.22. The molecule has 0 saturated carbocycles. The van der Waals surface area contributed by atoms with Gasteiger partial charge in [-0.05, 0) is 42.8 Å². The van der Waals surface area contributed by atoms with E-state index in [9.17, 15) is 4.79 Å². The van der Waals surface area contributed by atoms with Crippen LogP contribution in [0.4, 0.5) is 11.6 Å². The minimum absolute atomic E-state index is 0.00646. The Morgan fingerprint density at radius 2 is 2.08 bits per heavy atom. The van der Waals surface area contributed by atoms with Gasteiger partial charge in [0, 0.05) is 16.7 Å². The number of carbonyl (C=O) groups is 1. The first-order valence-corrected chi connectivity index (χ1v) is 8.74. The molecule has 0 unspecified atom stereocenters. The number of hydrogen-bond donors (Lipinski definition) is 3. The summed E-state index contributed by atoms with van der Waals surface area (Å²) in [6.07, 6.45) is 0. The van der Waals surface area contributed by atoms with Gasteiger partial charge in [-0.15, -0.1) is 0 Å². The van der Waals surface area contributed by atoms with Crippen LogP contribution in [0.25, 0.3) is 11.0 Å². The van der Waals surface area contributed by atoms with Gasteiger partial charge in [-0.2, -0.15) is 0 Å². The molecule has 1 heterocycles. The molecule has 1 aromatic heterocycles. The molecule has 2 aromatic carbocycles. The summed E-state index contributed by atoms with van der Waals surface area (Å²) in [6, 6.07) is 13.3. The predicted molar refractivity (Wildman–Crippen MR) is 103 cm³/mol. The number of nitrogens with one attached hydrogen (secondary N) is 2. The second-order valence-electron chi connectivity index (χ2n) is 5.67. The summed E-state index contributed by atoms with van der Waals surface area (Å²) < 4.78 is 2.79. The fourth-order valence-electron chi connectivity index (χ4n) is 2.64. The summed E-state index contributed by atoms with van der Waals surface area (Å²) in [5, 5.41) is 15.0. The van der Waals surface area contributed by atoms with Crippen molar-refractivity contribution in [2.75, 3.05) is 23.8 Å². The molecule has 0 spiro atoms. The van der Waals surface area contributed by atoms with Crippen molar-refractivity contribution in [1.29, 1.82) is 0 Å². The molecule has 3 N–H and O–H groups in total. The number of imidazole rings is 1. The van der Waals surface area contributed by atoms with Crippen LogP contribution in [0.2, 0.25) is 0 Å². The summed E-state index contributed by atoms with van der Waals surface area (Å²) in [4.78, 5) is 17.0. The van der Waals surface area contributed by atoms with Crippen molar-refractivity contribution in [3.05, 3.63) is 52.5 Å². The third-order valence-corrected chi connectivity index (χ3v) is 4.31. The molecule has 25 heavy (non-hydrogen) atoms. The predicted octanol–water partition coefficient (Wildman–Crippen LogP) is 3.15. The largest absolute Gasteiger partial charge is 0.395 e. The van der Waals surface area contributed by atoms with Gasteiger partial charge in [0.1, 0.15) is 6.54 Å². The Bertz CT molecular complexity index is 907. The minimum atomic E-state index is -0.138. The lowest BCUT2D eigenvalue weighted by Gasteiger charge is -2.12. The quantitative estimate of drug-likeness (QED) is 0.591. The Kier molecular flexibility index (Phi) is 5.35. The van der Waals surface area contributed by atoms with Gasteiger partial charge in [0.25, 0.3) is 0 Å². The van der Waals surface area contributed by atoms with Crippen LogP contribution in [0.3, 0.4) is 0 Å². The molecule has 3 aromatic rings. The molecule has 6 nitrogen and oxygen atoms in total. The summed E-state index contributed by atoms with van der Waals surface area (Å²) in [5.74, 6) is 0.429. The number of benzene rings is 2. The molecule has 0 aliphatic rings. The molecule has 3 rings (SSSR count). The number of rotatable bonds is 6. The normalized spacial score (nSPS) is 10.8. The third-order valence-electron chi connectivity index (χ3n) is 3.81. The molecule has 1 amide bonds. The fraction of sp³-hybridized carbons (Fsp3) is 0.222. The number of anilines is 2. The van der Waals surface area contributed by atoms with Crippen molar-refractivity contribution in [3.63, 3.8) is 0 Å². The zero-order valence-electron chi connectivity index (χ0n) is 13.8. The van der Waals surface area contributed by atoms with Gasteiger partial charge in [-0.1, -0.05) is 28.1 Å². The van der Waals surface area contributed by atoms with Crippen molar-refractivity contribution >= 4 is 44.5 Å². The number of fused-ring (bicyclic) bond motifs is 1. The van der Waals surface area contributed by atoms with Crippen LogP contribution in [0.1, 0.15) is 5.56 Å². The van der Waals surface area contributed by atoms with Crippen molar-refractivity contribution in [2.45, 2.75) is 13.5 Å². The maximum atomic E-state index is 12.5. The van der Waals surface area contributed by atoms with E-state index in [1.807, 2.05) is 54.0 Å². The van der Waals surface area contributed by atoms with Crippen LogP contribution in [-0.4, -0.2) is 33.7 Å². The van der Waals surface area contributed by atoms with Crippen LogP contribution in [0, 0.1) is 6.92 Å². The highest BCUT2D eigenvalue weighted by molar-refractivity contribution is 9.10. The molecule has 7 heteroatoms. The first-order chi connectivity index (χ1) is 12.1. The second kappa shape index (κ2) is 7.67. The van der Waals surface area contributed by atoms with Gasteiger partial charge in [0.2, 0.25) is 11.9 Å². The Hall–Kier alpha value is -2.38. The average Bonchev–Trinajstić information content (AvgIpc) is 2.93. The van der Waals surface area contributed by atoms with Crippen molar-refractivity contribution < 1.29 is 9.90 Å². The van der Waals surface area contributed by atoms with Gasteiger partial charge in [0.15, 0.2) is 0 Å². The number of hydrogen-bond acceptors (Lipinski definition) is 4.